The lowest BCUT2D eigenvalue weighted by atomic mass is 10.1. The van der Waals surface area contributed by atoms with E-state index in [1.165, 1.54) is 5.57 Å². The lowest BCUT2D eigenvalue weighted by Gasteiger charge is -2.07. The van der Waals surface area contributed by atoms with Crippen LogP contribution in [0.25, 0.3) is 0 Å². The van der Waals surface area contributed by atoms with Crippen LogP contribution >= 0.6 is 0 Å². The molecule has 0 bridgehead atoms. The second kappa shape index (κ2) is 5.96. The number of methoxy groups -OCH3 is 1. The molecule has 1 heterocycles. The first-order valence-corrected chi connectivity index (χ1v) is 4.09. The van der Waals surface area contributed by atoms with E-state index in [9.17, 15) is 0 Å². The van der Waals surface area contributed by atoms with Crippen LogP contribution in [-0.4, -0.2) is 13.0 Å². The maximum absolute atomic E-state index is 4.94. The highest BCUT2D eigenvalue weighted by atomic mass is 16.5. The number of hydrogen-bond acceptors (Lipinski definition) is 2. The van der Waals surface area contributed by atoms with Crippen LogP contribution in [0.2, 0.25) is 0 Å². The normalized spacial score (nSPS) is 15.6. The van der Waals surface area contributed by atoms with Gasteiger partial charge >= 0.3 is 0 Å². The van der Waals surface area contributed by atoms with Crippen LogP contribution in [0.3, 0.4) is 0 Å². The van der Waals surface area contributed by atoms with Crippen molar-refractivity contribution in [3.8, 4) is 0 Å². The molecule has 0 saturated carbocycles. The third-order valence-corrected chi connectivity index (χ3v) is 1.40. The maximum Gasteiger partial charge on any atom is 0.187 e. The van der Waals surface area contributed by atoms with Crippen molar-refractivity contribution in [2.45, 2.75) is 33.6 Å². The Morgan fingerprint density at radius 2 is 2.00 bits per heavy atom. The van der Waals surface area contributed by atoms with Crippen molar-refractivity contribution in [1.82, 2.24) is 0 Å². The summed E-state index contributed by atoms with van der Waals surface area (Å²) in [5.74, 6) is 0.848. The Morgan fingerprint density at radius 1 is 1.36 bits per heavy atom. The number of nitrogens with zero attached hydrogens (tertiary/aromatic N) is 1. The van der Waals surface area contributed by atoms with Gasteiger partial charge in [0.1, 0.15) is 0 Å². The molecule has 0 fully saturated rings. The van der Waals surface area contributed by atoms with Crippen LogP contribution in [0.5, 0.6) is 0 Å². The predicted octanol–water partition coefficient (Wildman–Crippen LogP) is 2.76. The molecule has 0 amide bonds. The molecule has 0 unspecified atom stereocenters. The van der Waals surface area contributed by atoms with E-state index in [0.29, 0.717) is 0 Å². The molecule has 11 heavy (non-hydrogen) atoms. The van der Waals surface area contributed by atoms with Gasteiger partial charge in [-0.3, -0.25) is 0 Å². The van der Waals surface area contributed by atoms with Gasteiger partial charge in [0.25, 0.3) is 0 Å². The van der Waals surface area contributed by atoms with Gasteiger partial charge in [-0.1, -0.05) is 19.4 Å². The molecule has 0 aromatic rings. The van der Waals surface area contributed by atoms with Crippen LogP contribution in [0.1, 0.15) is 33.6 Å². The lowest BCUT2D eigenvalue weighted by molar-refractivity contribution is 0.388. The highest BCUT2D eigenvalue weighted by Crippen LogP contribution is 2.10. The van der Waals surface area contributed by atoms with E-state index in [-0.39, 0.29) is 0 Å². The zero-order chi connectivity index (χ0) is 8.69. The molecule has 0 N–H and O–H groups in total. The zero-order valence-corrected chi connectivity index (χ0v) is 7.85. The summed E-state index contributed by atoms with van der Waals surface area (Å²) in [6, 6.07) is 0. The summed E-state index contributed by atoms with van der Waals surface area (Å²) < 4.78 is 4.94. The van der Waals surface area contributed by atoms with Crippen molar-refractivity contribution in [2.24, 2.45) is 4.99 Å². The average molecular weight is 155 g/mol. The zero-order valence-electron chi connectivity index (χ0n) is 7.85. The molecule has 0 spiro atoms. The van der Waals surface area contributed by atoms with Gasteiger partial charge in [-0.15, -0.1) is 0 Å². The Hall–Kier alpha value is -0.790. The summed E-state index contributed by atoms with van der Waals surface area (Å²) in [7, 11) is 1.66. The fourth-order valence-corrected chi connectivity index (χ4v) is 0.770. The number of ether oxygens (including phenoxy) is 1. The molecule has 1 aliphatic heterocycles. The molecule has 2 heteroatoms. The van der Waals surface area contributed by atoms with Gasteiger partial charge in [0.2, 0.25) is 0 Å². The van der Waals surface area contributed by atoms with Crippen molar-refractivity contribution in [3.63, 3.8) is 0 Å². The molecule has 0 aliphatic carbocycles. The molecule has 0 aromatic heterocycles. The quantitative estimate of drug-likeness (QED) is 0.527. The van der Waals surface area contributed by atoms with Crippen LogP contribution in [0.4, 0.5) is 0 Å². The minimum absolute atomic E-state index is 0.848. The van der Waals surface area contributed by atoms with Crippen molar-refractivity contribution in [1.29, 1.82) is 0 Å². The van der Waals surface area contributed by atoms with Gasteiger partial charge in [-0.05, 0) is 13.3 Å². The van der Waals surface area contributed by atoms with Crippen molar-refractivity contribution >= 4 is 5.90 Å². The highest BCUT2D eigenvalue weighted by Gasteiger charge is 2.02. The molecule has 0 radical (unpaired) electrons. The van der Waals surface area contributed by atoms with Gasteiger partial charge < -0.3 is 4.74 Å². The summed E-state index contributed by atoms with van der Waals surface area (Å²) in [6.45, 7) is 6.08. The molecule has 0 aromatic carbocycles. The molecule has 64 valence electrons. The van der Waals surface area contributed by atoms with Gasteiger partial charge in [0.15, 0.2) is 5.90 Å². The molecular weight excluding hydrogens is 138 g/mol. The Balaban J connectivity index is 0.000000461. The van der Waals surface area contributed by atoms with Crippen molar-refractivity contribution < 1.29 is 4.74 Å². The highest BCUT2D eigenvalue weighted by molar-refractivity contribution is 5.77. The summed E-state index contributed by atoms with van der Waals surface area (Å²) in [5, 5.41) is 0. The summed E-state index contributed by atoms with van der Waals surface area (Å²) in [4.78, 5) is 4.06. The largest absolute Gasteiger partial charge is 0.484 e. The van der Waals surface area contributed by atoms with E-state index in [0.717, 1.165) is 18.7 Å². The maximum atomic E-state index is 4.94. The first kappa shape index (κ1) is 10.2. The second-order valence-electron chi connectivity index (χ2n) is 2.20. The van der Waals surface area contributed by atoms with E-state index in [1.54, 1.807) is 7.11 Å². The smallest absolute Gasteiger partial charge is 0.187 e. The standard InChI is InChI=1S/C7H11NO.C2H6/c1-6-3-4-7(9-2)8-5-6;1-2/h5H,3-4H2,1-2H3;1-2H3. The third-order valence-electron chi connectivity index (χ3n) is 1.40. The number of aliphatic imine (C=N–C) groups is 1. The topological polar surface area (TPSA) is 21.6 Å². The fourth-order valence-electron chi connectivity index (χ4n) is 0.770. The van der Waals surface area contributed by atoms with Gasteiger partial charge in [-0.25, -0.2) is 4.99 Å². The van der Waals surface area contributed by atoms with E-state index in [4.69, 9.17) is 4.74 Å². The van der Waals surface area contributed by atoms with Gasteiger partial charge in [0, 0.05) is 12.6 Å². The number of rotatable bonds is 0. The third kappa shape index (κ3) is 3.81. The first-order valence-electron chi connectivity index (χ1n) is 4.09. The van der Waals surface area contributed by atoms with Crippen LogP contribution in [0.15, 0.2) is 16.8 Å². The predicted molar refractivity (Wildman–Crippen MR) is 48.8 cm³/mol. The van der Waals surface area contributed by atoms with Gasteiger partial charge in [0.05, 0.1) is 7.11 Å². The van der Waals surface area contributed by atoms with Crippen molar-refractivity contribution in [3.05, 3.63) is 11.8 Å². The molecule has 1 aliphatic rings. The Kier molecular flexibility index (Phi) is 5.53. The Labute approximate surface area is 69.0 Å². The molecule has 1 rings (SSSR count). The Bertz CT molecular complexity index is 159. The molecule has 2 nitrogen and oxygen atoms in total. The number of hydrogen-bond donors (Lipinski definition) is 0. The molecule has 0 atom stereocenters. The van der Waals surface area contributed by atoms with Crippen LogP contribution in [0, 0.1) is 0 Å². The summed E-state index contributed by atoms with van der Waals surface area (Å²) in [6.07, 6.45) is 3.91. The second-order valence-corrected chi connectivity index (χ2v) is 2.20. The average Bonchev–Trinajstić information content (AvgIpc) is 2.10. The van der Waals surface area contributed by atoms with E-state index in [2.05, 4.69) is 11.9 Å². The Morgan fingerprint density at radius 3 is 2.36 bits per heavy atom. The summed E-state index contributed by atoms with van der Waals surface area (Å²) in [5.41, 5.74) is 1.33. The van der Waals surface area contributed by atoms with Crippen LogP contribution in [-0.2, 0) is 4.74 Å². The first-order chi connectivity index (χ1) is 5.33. The van der Waals surface area contributed by atoms with E-state index in [1.807, 2.05) is 20.0 Å². The van der Waals surface area contributed by atoms with E-state index < -0.39 is 0 Å². The lowest BCUT2D eigenvalue weighted by Crippen LogP contribution is -2.03. The fraction of sp³-hybridized carbons (Fsp3) is 0.667. The van der Waals surface area contributed by atoms with E-state index >= 15 is 0 Å². The molecular formula is C9H17NO. The van der Waals surface area contributed by atoms with Gasteiger partial charge in [-0.2, -0.15) is 0 Å². The van der Waals surface area contributed by atoms with Crippen molar-refractivity contribution in [2.75, 3.05) is 7.11 Å². The van der Waals surface area contributed by atoms with Crippen LogP contribution < -0.4 is 0 Å². The molecule has 0 saturated heterocycles. The minimum atomic E-state index is 0.848. The monoisotopic (exact) mass is 155 g/mol. The summed E-state index contributed by atoms with van der Waals surface area (Å²) >= 11 is 0. The minimum Gasteiger partial charge on any atom is -0.484 e. The number of allylic oxidation sites excluding steroid dienone is 1. The SMILES string of the molecule is CC.COC1=NC=C(C)CC1.